The Labute approximate surface area is 162 Å². The van der Waals surface area contributed by atoms with Gasteiger partial charge >= 0.3 is 0 Å². The van der Waals surface area contributed by atoms with Crippen LogP contribution in [0.4, 0.5) is 0 Å². The van der Waals surface area contributed by atoms with Crippen molar-refractivity contribution in [2.45, 2.75) is 31.4 Å². The highest BCUT2D eigenvalue weighted by Crippen LogP contribution is 2.23. The predicted molar refractivity (Wildman–Crippen MR) is 111 cm³/mol. The first-order chi connectivity index (χ1) is 10.8. The molecule has 1 aromatic carbocycles. The summed E-state index contributed by atoms with van der Waals surface area (Å²) in [6.45, 7) is 7.46. The largest absolute Gasteiger partial charge is 0.356 e. The summed E-state index contributed by atoms with van der Waals surface area (Å²) in [4.78, 5) is 6.37. The van der Waals surface area contributed by atoms with Crippen molar-refractivity contribution in [2.75, 3.05) is 32.4 Å². The van der Waals surface area contributed by atoms with E-state index in [-0.39, 0.29) is 29.7 Å². The highest BCUT2D eigenvalue weighted by atomic mass is 127. The minimum absolute atomic E-state index is 0. The fourth-order valence-electron chi connectivity index (χ4n) is 2.80. The highest BCUT2D eigenvalue weighted by molar-refractivity contribution is 14.0. The first kappa shape index (κ1) is 21.2. The van der Waals surface area contributed by atoms with Crippen molar-refractivity contribution in [3.63, 3.8) is 0 Å². The third-order valence-electron chi connectivity index (χ3n) is 4.49. The molecule has 1 heterocycles. The third-order valence-corrected chi connectivity index (χ3v) is 7.02. The number of nitrogens with zero attached hydrogens (tertiary/aromatic N) is 2. The molecule has 0 radical (unpaired) electrons. The van der Waals surface area contributed by atoms with Gasteiger partial charge in [0.1, 0.15) is 0 Å². The van der Waals surface area contributed by atoms with Crippen LogP contribution in [0.5, 0.6) is 0 Å². The molecule has 0 saturated carbocycles. The second kappa shape index (κ2) is 8.51. The minimum atomic E-state index is -3.03. The molecule has 1 aliphatic heterocycles. The summed E-state index contributed by atoms with van der Waals surface area (Å²) in [5.41, 5.74) is 1.28. The summed E-state index contributed by atoms with van der Waals surface area (Å²) >= 11 is 0. The number of halogens is 1. The molecule has 0 spiro atoms. The van der Waals surface area contributed by atoms with E-state index >= 15 is 0 Å². The lowest BCUT2D eigenvalue weighted by Gasteiger charge is -2.39. The molecular weight excluding hydrogens is 437 g/mol. The van der Waals surface area contributed by atoms with Gasteiger partial charge in [-0.2, -0.15) is 0 Å². The fourth-order valence-corrected chi connectivity index (χ4v) is 4.17. The average molecular weight is 465 g/mol. The van der Waals surface area contributed by atoms with E-state index in [9.17, 15) is 8.42 Å². The summed E-state index contributed by atoms with van der Waals surface area (Å²) in [5.74, 6) is 1.31. The number of nitrogens with one attached hydrogen (secondary N) is 1. The van der Waals surface area contributed by atoms with E-state index in [4.69, 9.17) is 0 Å². The Kier molecular flexibility index (Phi) is 7.52. The Balaban J connectivity index is 0.00000288. The predicted octanol–water partition coefficient (Wildman–Crippen LogP) is 2.49. The molecule has 1 atom stereocenters. The van der Waals surface area contributed by atoms with E-state index in [1.165, 1.54) is 5.56 Å². The third kappa shape index (κ3) is 4.84. The zero-order valence-electron chi connectivity index (χ0n) is 14.8. The molecule has 2 rings (SSSR count). The highest BCUT2D eigenvalue weighted by Gasteiger charge is 2.40. The van der Waals surface area contributed by atoms with E-state index in [2.05, 4.69) is 29.4 Å². The van der Waals surface area contributed by atoms with Crippen LogP contribution in [0.25, 0.3) is 0 Å². The number of guanidine groups is 1. The van der Waals surface area contributed by atoms with Crippen LogP contribution >= 0.6 is 24.0 Å². The SMILES string of the molecule is CN=C(NCC(C)c1ccccc1)N1CCS(=O)(=O)C(C)(C)C1.I. The van der Waals surface area contributed by atoms with Crippen LogP contribution in [0.1, 0.15) is 32.3 Å². The Morgan fingerprint density at radius 3 is 2.50 bits per heavy atom. The number of hydrogen-bond acceptors (Lipinski definition) is 3. The van der Waals surface area contributed by atoms with Crippen LogP contribution in [0.3, 0.4) is 0 Å². The van der Waals surface area contributed by atoms with Gasteiger partial charge in [-0.1, -0.05) is 37.3 Å². The van der Waals surface area contributed by atoms with Crippen molar-refractivity contribution < 1.29 is 8.42 Å². The molecule has 5 nitrogen and oxygen atoms in total. The molecule has 136 valence electrons. The topological polar surface area (TPSA) is 61.8 Å². The molecule has 0 aliphatic carbocycles. The molecule has 24 heavy (non-hydrogen) atoms. The summed E-state index contributed by atoms with van der Waals surface area (Å²) < 4.78 is 23.5. The van der Waals surface area contributed by atoms with Crippen LogP contribution in [-0.2, 0) is 9.84 Å². The summed E-state index contributed by atoms with van der Waals surface area (Å²) in [7, 11) is -1.29. The smallest absolute Gasteiger partial charge is 0.193 e. The Morgan fingerprint density at radius 1 is 1.33 bits per heavy atom. The standard InChI is InChI=1S/C17H27N3O2S.HI/c1-14(15-8-6-5-7-9-15)12-19-16(18-4)20-10-11-23(21,22)17(2,3)13-20;/h5-9,14H,10-13H2,1-4H3,(H,18,19);1H. The second-order valence-electron chi connectivity index (χ2n) is 6.74. The Bertz CT molecular complexity index is 660. The molecule has 0 bridgehead atoms. The number of hydrogen-bond donors (Lipinski definition) is 1. The van der Waals surface area contributed by atoms with Gasteiger partial charge < -0.3 is 10.2 Å². The first-order valence-corrected chi connectivity index (χ1v) is 9.65. The van der Waals surface area contributed by atoms with Crippen molar-refractivity contribution in [3.05, 3.63) is 35.9 Å². The quantitative estimate of drug-likeness (QED) is 0.424. The molecule has 1 saturated heterocycles. The molecule has 1 fully saturated rings. The molecule has 1 aliphatic rings. The van der Waals surface area contributed by atoms with E-state index in [0.717, 1.165) is 12.5 Å². The van der Waals surface area contributed by atoms with Gasteiger partial charge in [0.15, 0.2) is 15.8 Å². The summed E-state index contributed by atoms with van der Waals surface area (Å²) in [5, 5.41) is 3.38. The summed E-state index contributed by atoms with van der Waals surface area (Å²) in [6.07, 6.45) is 0. The van der Waals surface area contributed by atoms with Gasteiger partial charge in [-0.05, 0) is 25.3 Å². The average Bonchev–Trinajstić information content (AvgIpc) is 2.52. The molecule has 1 aromatic rings. The molecule has 0 aromatic heterocycles. The number of benzene rings is 1. The normalized spacial score (nSPS) is 20.8. The van der Waals surface area contributed by atoms with Gasteiger partial charge in [-0.3, -0.25) is 4.99 Å². The van der Waals surface area contributed by atoms with Gasteiger partial charge in [0, 0.05) is 26.7 Å². The maximum Gasteiger partial charge on any atom is 0.193 e. The van der Waals surface area contributed by atoms with Gasteiger partial charge in [-0.25, -0.2) is 8.42 Å². The van der Waals surface area contributed by atoms with E-state index < -0.39 is 14.6 Å². The number of rotatable bonds is 3. The molecule has 0 amide bonds. The van der Waals surface area contributed by atoms with E-state index in [0.29, 0.717) is 19.0 Å². The Morgan fingerprint density at radius 2 is 1.96 bits per heavy atom. The van der Waals surface area contributed by atoms with Crippen molar-refractivity contribution >= 4 is 39.8 Å². The zero-order valence-corrected chi connectivity index (χ0v) is 18.0. The zero-order chi connectivity index (χ0) is 17.1. The fraction of sp³-hybridized carbons (Fsp3) is 0.588. The monoisotopic (exact) mass is 465 g/mol. The summed E-state index contributed by atoms with van der Waals surface area (Å²) in [6, 6.07) is 10.3. The molecule has 1 unspecified atom stereocenters. The van der Waals surface area contributed by atoms with E-state index in [1.807, 2.05) is 23.1 Å². The second-order valence-corrected chi connectivity index (χ2v) is 9.48. The molecular formula is C17H28IN3O2S. The van der Waals surface area contributed by atoms with Gasteiger partial charge in [0.2, 0.25) is 0 Å². The Hall–Kier alpha value is -0.830. The van der Waals surface area contributed by atoms with Crippen molar-refractivity contribution in [1.29, 1.82) is 0 Å². The van der Waals surface area contributed by atoms with Crippen molar-refractivity contribution in [1.82, 2.24) is 10.2 Å². The van der Waals surface area contributed by atoms with Crippen LogP contribution in [0, 0.1) is 0 Å². The lowest BCUT2D eigenvalue weighted by molar-refractivity contribution is 0.352. The maximum atomic E-state index is 12.1. The lowest BCUT2D eigenvalue weighted by Crippen LogP contribution is -2.57. The number of sulfone groups is 1. The lowest BCUT2D eigenvalue weighted by atomic mass is 10.0. The minimum Gasteiger partial charge on any atom is -0.356 e. The number of aliphatic imine (C=N–C) groups is 1. The molecule has 7 heteroatoms. The van der Waals surface area contributed by atoms with Crippen LogP contribution < -0.4 is 5.32 Å². The van der Waals surface area contributed by atoms with Gasteiger partial charge in [0.25, 0.3) is 0 Å². The van der Waals surface area contributed by atoms with Crippen LogP contribution in [0.15, 0.2) is 35.3 Å². The maximum absolute atomic E-state index is 12.1. The van der Waals surface area contributed by atoms with E-state index in [1.54, 1.807) is 20.9 Å². The van der Waals surface area contributed by atoms with Gasteiger partial charge in [-0.15, -0.1) is 24.0 Å². The first-order valence-electron chi connectivity index (χ1n) is 8.00. The van der Waals surface area contributed by atoms with Gasteiger partial charge in [0.05, 0.1) is 10.5 Å². The van der Waals surface area contributed by atoms with Crippen molar-refractivity contribution in [3.8, 4) is 0 Å². The van der Waals surface area contributed by atoms with Crippen LogP contribution in [0.2, 0.25) is 0 Å². The molecule has 1 N–H and O–H groups in total. The van der Waals surface area contributed by atoms with Crippen LogP contribution in [-0.4, -0.2) is 56.5 Å². The van der Waals surface area contributed by atoms with Crippen molar-refractivity contribution in [2.24, 2.45) is 4.99 Å².